The van der Waals surface area contributed by atoms with Gasteiger partial charge in [0, 0.05) is 4.47 Å². The zero-order valence-corrected chi connectivity index (χ0v) is 12.7. The van der Waals surface area contributed by atoms with Gasteiger partial charge in [0.05, 0.1) is 16.3 Å². The lowest BCUT2D eigenvalue weighted by Crippen LogP contribution is -2.27. The standard InChI is InChI=1S/C12H14BrClFNO2/c1-12(2,3)18-6-10(17)16-11-8(13)4-7(15)5-9(11)14/h4-5H,6H2,1-3H3,(H,16,17). The zero-order chi connectivity index (χ0) is 13.9. The molecular weight excluding hydrogens is 324 g/mol. The van der Waals surface area contributed by atoms with E-state index in [2.05, 4.69) is 21.2 Å². The Morgan fingerprint density at radius 1 is 1.50 bits per heavy atom. The Morgan fingerprint density at radius 2 is 2.11 bits per heavy atom. The summed E-state index contributed by atoms with van der Waals surface area (Å²) in [5, 5.41) is 2.70. The molecule has 1 aromatic rings. The van der Waals surface area contributed by atoms with E-state index in [1.54, 1.807) is 0 Å². The molecule has 0 bridgehead atoms. The number of nitrogens with one attached hydrogen (secondary N) is 1. The first-order chi connectivity index (χ1) is 8.19. The SMILES string of the molecule is CC(C)(C)OCC(=O)Nc1c(Cl)cc(F)cc1Br. The van der Waals surface area contributed by atoms with Crippen LogP contribution in [-0.4, -0.2) is 18.1 Å². The van der Waals surface area contributed by atoms with Crippen LogP contribution in [-0.2, 0) is 9.53 Å². The number of amides is 1. The third-order valence-electron chi connectivity index (χ3n) is 1.91. The monoisotopic (exact) mass is 337 g/mol. The summed E-state index contributed by atoms with van der Waals surface area (Å²) >= 11 is 8.98. The highest BCUT2D eigenvalue weighted by Crippen LogP contribution is 2.31. The summed E-state index contributed by atoms with van der Waals surface area (Å²) < 4.78 is 18.7. The molecule has 100 valence electrons. The van der Waals surface area contributed by atoms with Crippen LogP contribution in [0.5, 0.6) is 0 Å². The number of ether oxygens (including phenoxy) is 1. The maximum absolute atomic E-state index is 13.0. The van der Waals surface area contributed by atoms with E-state index in [1.807, 2.05) is 20.8 Å². The smallest absolute Gasteiger partial charge is 0.250 e. The summed E-state index contributed by atoms with van der Waals surface area (Å²) in [5.41, 5.74) is -0.0678. The van der Waals surface area contributed by atoms with Crippen LogP contribution in [0.25, 0.3) is 0 Å². The normalized spacial score (nSPS) is 11.4. The summed E-state index contributed by atoms with van der Waals surface area (Å²) in [5.74, 6) is -0.824. The van der Waals surface area contributed by atoms with Crippen LogP contribution in [0.1, 0.15) is 20.8 Å². The topological polar surface area (TPSA) is 38.3 Å². The van der Waals surface area contributed by atoms with Gasteiger partial charge in [-0.15, -0.1) is 0 Å². The summed E-state index contributed by atoms with van der Waals surface area (Å²) in [6.07, 6.45) is 0. The number of hydrogen-bond acceptors (Lipinski definition) is 2. The van der Waals surface area contributed by atoms with Gasteiger partial charge >= 0.3 is 0 Å². The van der Waals surface area contributed by atoms with Crippen molar-refractivity contribution in [3.05, 3.63) is 27.4 Å². The van der Waals surface area contributed by atoms with Gasteiger partial charge < -0.3 is 10.1 Å². The maximum Gasteiger partial charge on any atom is 0.250 e. The molecule has 0 atom stereocenters. The van der Waals surface area contributed by atoms with Crippen LogP contribution in [0.3, 0.4) is 0 Å². The molecule has 1 aromatic carbocycles. The molecule has 1 rings (SSSR count). The molecule has 0 aliphatic rings. The Kier molecular flexibility index (Phi) is 5.13. The van der Waals surface area contributed by atoms with Gasteiger partial charge in [-0.2, -0.15) is 0 Å². The van der Waals surface area contributed by atoms with Crippen molar-refractivity contribution in [2.24, 2.45) is 0 Å². The van der Waals surface area contributed by atoms with E-state index in [4.69, 9.17) is 16.3 Å². The van der Waals surface area contributed by atoms with Gasteiger partial charge in [0.1, 0.15) is 12.4 Å². The van der Waals surface area contributed by atoms with E-state index in [0.717, 1.165) is 6.07 Å². The van der Waals surface area contributed by atoms with Gasteiger partial charge in [-0.1, -0.05) is 11.6 Å². The van der Waals surface area contributed by atoms with Gasteiger partial charge in [0.25, 0.3) is 0 Å². The lowest BCUT2D eigenvalue weighted by Gasteiger charge is -2.19. The van der Waals surface area contributed by atoms with E-state index in [9.17, 15) is 9.18 Å². The summed E-state index contributed by atoms with van der Waals surface area (Å²) in [4.78, 5) is 11.6. The number of halogens is 3. The molecule has 3 nitrogen and oxygen atoms in total. The van der Waals surface area contributed by atoms with Crippen LogP contribution in [0.4, 0.5) is 10.1 Å². The molecular formula is C12H14BrClFNO2. The van der Waals surface area contributed by atoms with Crippen molar-refractivity contribution < 1.29 is 13.9 Å². The second kappa shape index (κ2) is 5.99. The number of rotatable bonds is 3. The molecule has 0 aromatic heterocycles. The molecule has 0 fully saturated rings. The van der Waals surface area contributed by atoms with Gasteiger partial charge in [-0.3, -0.25) is 4.79 Å². The van der Waals surface area contributed by atoms with E-state index in [0.29, 0.717) is 10.2 Å². The summed E-state index contributed by atoms with van der Waals surface area (Å²) in [7, 11) is 0. The van der Waals surface area contributed by atoms with Crippen LogP contribution in [0.15, 0.2) is 16.6 Å². The molecule has 6 heteroatoms. The minimum atomic E-state index is -0.476. The Balaban J connectivity index is 2.71. The molecule has 0 saturated carbocycles. The van der Waals surface area contributed by atoms with E-state index in [-0.39, 0.29) is 17.5 Å². The van der Waals surface area contributed by atoms with Gasteiger partial charge in [-0.05, 0) is 48.8 Å². The lowest BCUT2D eigenvalue weighted by molar-refractivity contribution is -0.125. The number of carbonyl (C=O) groups excluding carboxylic acids is 1. The number of hydrogen-bond donors (Lipinski definition) is 1. The van der Waals surface area contributed by atoms with Crippen molar-refractivity contribution in [1.29, 1.82) is 0 Å². The largest absolute Gasteiger partial charge is 0.366 e. The fraction of sp³-hybridized carbons (Fsp3) is 0.417. The fourth-order valence-corrected chi connectivity index (χ4v) is 2.02. The van der Waals surface area contributed by atoms with Crippen LogP contribution in [0, 0.1) is 5.82 Å². The Labute approximate surface area is 119 Å². The molecule has 18 heavy (non-hydrogen) atoms. The number of benzene rings is 1. The zero-order valence-electron chi connectivity index (χ0n) is 10.3. The molecule has 0 heterocycles. The van der Waals surface area contributed by atoms with E-state index in [1.165, 1.54) is 6.07 Å². The second-order valence-electron chi connectivity index (χ2n) is 4.69. The third-order valence-corrected chi connectivity index (χ3v) is 2.83. The summed E-state index contributed by atoms with van der Waals surface area (Å²) in [6.45, 7) is 5.45. The Hall–Kier alpha value is -0.650. The average molecular weight is 339 g/mol. The lowest BCUT2D eigenvalue weighted by atomic mass is 10.2. The second-order valence-corrected chi connectivity index (χ2v) is 5.96. The van der Waals surface area contributed by atoms with Crippen molar-refractivity contribution in [3.8, 4) is 0 Å². The van der Waals surface area contributed by atoms with Crippen molar-refractivity contribution >= 4 is 39.1 Å². The highest BCUT2D eigenvalue weighted by Gasteiger charge is 2.15. The van der Waals surface area contributed by atoms with Crippen LogP contribution < -0.4 is 5.32 Å². The molecule has 0 spiro atoms. The van der Waals surface area contributed by atoms with Gasteiger partial charge in [0.15, 0.2) is 0 Å². The van der Waals surface area contributed by atoms with Gasteiger partial charge in [-0.25, -0.2) is 4.39 Å². The minimum absolute atomic E-state index is 0.0936. The first-order valence-electron chi connectivity index (χ1n) is 5.27. The Morgan fingerprint density at radius 3 is 2.61 bits per heavy atom. The molecule has 0 radical (unpaired) electrons. The molecule has 1 N–H and O–H groups in total. The molecule has 0 unspecified atom stereocenters. The van der Waals surface area contributed by atoms with E-state index < -0.39 is 11.4 Å². The van der Waals surface area contributed by atoms with Gasteiger partial charge in [0.2, 0.25) is 5.91 Å². The summed E-state index contributed by atoms with van der Waals surface area (Å²) in [6, 6.07) is 2.36. The quantitative estimate of drug-likeness (QED) is 0.905. The maximum atomic E-state index is 13.0. The Bertz CT molecular complexity index is 437. The molecule has 1 amide bonds. The molecule has 0 saturated heterocycles. The first kappa shape index (κ1) is 15.4. The predicted molar refractivity (Wildman–Crippen MR) is 73.4 cm³/mol. The highest BCUT2D eigenvalue weighted by molar-refractivity contribution is 9.10. The van der Waals surface area contributed by atoms with Crippen molar-refractivity contribution in [3.63, 3.8) is 0 Å². The van der Waals surface area contributed by atoms with Crippen molar-refractivity contribution in [2.75, 3.05) is 11.9 Å². The fourth-order valence-electron chi connectivity index (χ4n) is 1.12. The number of anilines is 1. The first-order valence-corrected chi connectivity index (χ1v) is 6.44. The van der Waals surface area contributed by atoms with Crippen molar-refractivity contribution in [2.45, 2.75) is 26.4 Å². The predicted octanol–water partition coefficient (Wildman–Crippen LogP) is 4.00. The van der Waals surface area contributed by atoms with Crippen LogP contribution in [0.2, 0.25) is 5.02 Å². The third kappa shape index (κ3) is 4.92. The average Bonchev–Trinajstić information content (AvgIpc) is 2.19. The molecule has 0 aliphatic carbocycles. The van der Waals surface area contributed by atoms with Crippen LogP contribution >= 0.6 is 27.5 Å². The number of carbonyl (C=O) groups is 1. The van der Waals surface area contributed by atoms with Crippen molar-refractivity contribution in [1.82, 2.24) is 0 Å². The highest BCUT2D eigenvalue weighted by atomic mass is 79.9. The van der Waals surface area contributed by atoms with E-state index >= 15 is 0 Å². The minimum Gasteiger partial charge on any atom is -0.366 e. The molecule has 0 aliphatic heterocycles.